The smallest absolute Gasteiger partial charge is 0.271 e. The van der Waals surface area contributed by atoms with Gasteiger partial charge < -0.3 is 26.0 Å². The first-order valence-corrected chi connectivity index (χ1v) is 18.8. The van der Waals surface area contributed by atoms with Crippen molar-refractivity contribution in [1.82, 2.24) is 41.0 Å². The first-order chi connectivity index (χ1) is 25.1. The Bertz CT molecular complexity index is 1830. The van der Waals surface area contributed by atoms with E-state index in [-0.39, 0.29) is 37.2 Å². The molecule has 1 fully saturated rings. The van der Waals surface area contributed by atoms with Crippen LogP contribution in [-0.2, 0) is 40.2 Å². The highest BCUT2D eigenvalue weighted by Crippen LogP contribution is 2.32. The molecule has 14 heteroatoms. The molecule has 274 valence electrons. The van der Waals surface area contributed by atoms with E-state index in [1.54, 1.807) is 34.6 Å². The van der Waals surface area contributed by atoms with Crippen LogP contribution in [0.5, 0.6) is 5.75 Å². The number of rotatable bonds is 8. The molecule has 52 heavy (non-hydrogen) atoms. The Morgan fingerprint density at radius 3 is 2.46 bits per heavy atom. The van der Waals surface area contributed by atoms with Crippen LogP contribution >= 0.6 is 11.3 Å². The second-order valence-corrected chi connectivity index (χ2v) is 14.8. The Morgan fingerprint density at radius 1 is 1.00 bits per heavy atom. The summed E-state index contributed by atoms with van der Waals surface area (Å²) in [6.07, 6.45) is 4.14. The number of fused-ring (bicyclic) bond motifs is 14. The summed E-state index contributed by atoms with van der Waals surface area (Å²) < 4.78 is 7.74. The van der Waals surface area contributed by atoms with E-state index in [1.165, 1.54) is 11.3 Å². The number of hydrogen-bond acceptors (Lipinski definition) is 9. The number of carbonyl (C=O) groups excluding carboxylic acids is 4. The van der Waals surface area contributed by atoms with E-state index < -0.39 is 35.8 Å². The van der Waals surface area contributed by atoms with E-state index in [0.717, 1.165) is 24.0 Å². The van der Waals surface area contributed by atoms with Gasteiger partial charge in [0.05, 0.1) is 17.6 Å². The quantitative estimate of drug-likeness (QED) is 0.214. The Hall–Kier alpha value is -5.11. The summed E-state index contributed by atoms with van der Waals surface area (Å²) in [4.78, 5) is 63.4. The summed E-state index contributed by atoms with van der Waals surface area (Å²) in [5.74, 6) is 0.785. The van der Waals surface area contributed by atoms with E-state index in [9.17, 15) is 19.2 Å². The molecule has 7 rings (SSSR count). The lowest BCUT2D eigenvalue weighted by molar-refractivity contribution is -0.130. The molecule has 2 bridgehead atoms. The minimum atomic E-state index is -0.999. The second kappa shape index (κ2) is 16.9. The highest BCUT2D eigenvalue weighted by atomic mass is 32.1. The molecule has 3 aliphatic rings. The molecule has 2 aliphatic heterocycles. The first kappa shape index (κ1) is 36.7. The predicted octanol–water partition coefficient (Wildman–Crippen LogP) is 3.56. The second-order valence-electron chi connectivity index (χ2n) is 14.1. The third-order valence-electron chi connectivity index (χ3n) is 9.09. The number of thiazole rings is 1. The fourth-order valence-electron chi connectivity index (χ4n) is 6.24. The topological polar surface area (TPSA) is 169 Å². The Labute approximate surface area is 307 Å². The summed E-state index contributed by atoms with van der Waals surface area (Å²) in [5.41, 5.74) is 3.48. The molecule has 4 aromatic rings. The molecule has 4 N–H and O–H groups in total. The van der Waals surface area contributed by atoms with Crippen molar-refractivity contribution in [2.45, 2.75) is 90.0 Å². The summed E-state index contributed by atoms with van der Waals surface area (Å²) in [6, 6.07) is 14.0. The monoisotopic (exact) mass is 726 g/mol. The number of ether oxygens (including phenoxy) is 1. The summed E-state index contributed by atoms with van der Waals surface area (Å²) in [6.45, 7) is 5.93. The summed E-state index contributed by atoms with van der Waals surface area (Å²) >= 11 is 1.28. The molecule has 4 amide bonds. The van der Waals surface area contributed by atoms with Crippen molar-refractivity contribution < 1.29 is 23.9 Å². The van der Waals surface area contributed by atoms with Crippen LogP contribution < -0.4 is 26.0 Å². The molecular formula is C38H46N8O5S. The number of amides is 4. The van der Waals surface area contributed by atoms with Crippen molar-refractivity contribution in [3.05, 3.63) is 94.0 Å². The van der Waals surface area contributed by atoms with Crippen molar-refractivity contribution in [3.8, 4) is 5.75 Å². The maximum absolute atomic E-state index is 13.9. The molecular weight excluding hydrogens is 681 g/mol. The van der Waals surface area contributed by atoms with Crippen LogP contribution in [0, 0.1) is 11.8 Å². The number of nitrogens with one attached hydrogen (secondary N) is 4. The maximum atomic E-state index is 13.9. The Morgan fingerprint density at radius 2 is 1.77 bits per heavy atom. The Balaban J connectivity index is 1.33. The SMILES string of the molecule is CC(C)C[C@H]1COc2ccc(cc2)C[C@H](NC(=O)c2cscn2)C(=O)N[C@H](C)C(=O)N[C@H](Cc2ccccc2)c2nc(CC3CC3)nn2CC(=O)N1. The van der Waals surface area contributed by atoms with Gasteiger partial charge in [-0.2, -0.15) is 5.10 Å². The fourth-order valence-corrected chi connectivity index (χ4v) is 6.78. The molecule has 2 aromatic carbocycles. The van der Waals surface area contributed by atoms with Crippen molar-refractivity contribution >= 4 is 35.0 Å². The van der Waals surface area contributed by atoms with Gasteiger partial charge in [0.2, 0.25) is 17.7 Å². The summed E-state index contributed by atoms with van der Waals surface area (Å²) in [7, 11) is 0. The average Bonchev–Trinajstić information content (AvgIpc) is 3.58. The highest BCUT2D eigenvalue weighted by Gasteiger charge is 2.31. The van der Waals surface area contributed by atoms with Crippen LogP contribution in [0.25, 0.3) is 0 Å². The van der Waals surface area contributed by atoms with Gasteiger partial charge in [-0.05, 0) is 67.7 Å². The fraction of sp³-hybridized carbons (Fsp3) is 0.447. The molecule has 0 spiro atoms. The van der Waals surface area contributed by atoms with Crippen molar-refractivity contribution in [2.24, 2.45) is 11.8 Å². The van der Waals surface area contributed by atoms with Crippen LogP contribution in [0.3, 0.4) is 0 Å². The van der Waals surface area contributed by atoms with Crippen LogP contribution in [0.1, 0.15) is 79.3 Å². The van der Waals surface area contributed by atoms with E-state index in [2.05, 4.69) is 40.1 Å². The lowest BCUT2D eigenvalue weighted by Crippen LogP contribution is -2.54. The standard InChI is InChI=1S/C38H46N8O5S/c1-23(2)15-28-20-51-29-13-11-26(12-14-29)17-31(43-38(50)32-21-52-22-39-32)37(49)40-24(3)36(48)42-30(16-25-7-5-4-6-8-25)35-44-33(18-27-9-10-27)45-46(35)19-34(47)41-28/h4-8,11-14,21-24,27-28,30-31H,9-10,15-20H2,1-3H3,(H,40,49)(H,41,47)(H,42,48)(H,43,50)/t24-,28+,30-,31+/m1/s1. The number of aromatic nitrogens is 4. The third-order valence-corrected chi connectivity index (χ3v) is 9.68. The lowest BCUT2D eigenvalue weighted by atomic mass is 10.0. The number of benzene rings is 2. The highest BCUT2D eigenvalue weighted by molar-refractivity contribution is 7.07. The van der Waals surface area contributed by atoms with Crippen LogP contribution in [0.4, 0.5) is 0 Å². The van der Waals surface area contributed by atoms with E-state index in [4.69, 9.17) is 14.8 Å². The Kier molecular flexibility index (Phi) is 11.9. The van der Waals surface area contributed by atoms with Gasteiger partial charge in [-0.25, -0.2) is 14.6 Å². The molecule has 13 nitrogen and oxygen atoms in total. The molecule has 0 radical (unpaired) electrons. The van der Waals surface area contributed by atoms with Gasteiger partial charge in [0, 0.05) is 18.2 Å². The molecule has 1 saturated carbocycles. The van der Waals surface area contributed by atoms with Gasteiger partial charge in [-0.15, -0.1) is 11.3 Å². The van der Waals surface area contributed by atoms with Crippen LogP contribution in [0.15, 0.2) is 65.5 Å². The lowest BCUT2D eigenvalue weighted by Gasteiger charge is -2.25. The zero-order chi connectivity index (χ0) is 36.6. The van der Waals surface area contributed by atoms with E-state index >= 15 is 0 Å². The first-order valence-electron chi connectivity index (χ1n) is 17.9. The molecule has 2 aromatic heterocycles. The third kappa shape index (κ3) is 10.2. The molecule has 4 heterocycles. The minimum Gasteiger partial charge on any atom is -0.491 e. The molecule has 0 unspecified atom stereocenters. The summed E-state index contributed by atoms with van der Waals surface area (Å²) in [5, 5.41) is 18.2. The van der Waals surface area contributed by atoms with E-state index in [0.29, 0.717) is 48.5 Å². The maximum Gasteiger partial charge on any atom is 0.271 e. The molecule has 4 atom stereocenters. The van der Waals surface area contributed by atoms with Gasteiger partial charge in [0.1, 0.15) is 36.7 Å². The van der Waals surface area contributed by atoms with Gasteiger partial charge in [0.15, 0.2) is 11.6 Å². The van der Waals surface area contributed by atoms with Gasteiger partial charge in [0.25, 0.3) is 5.91 Å². The number of nitrogens with zero attached hydrogens (tertiary/aromatic N) is 4. The van der Waals surface area contributed by atoms with Crippen molar-refractivity contribution in [1.29, 1.82) is 0 Å². The largest absolute Gasteiger partial charge is 0.491 e. The average molecular weight is 727 g/mol. The zero-order valence-electron chi connectivity index (χ0n) is 29.7. The molecule has 1 aliphatic carbocycles. The number of hydrogen-bond donors (Lipinski definition) is 4. The van der Waals surface area contributed by atoms with Gasteiger partial charge in [-0.3, -0.25) is 19.2 Å². The van der Waals surface area contributed by atoms with Crippen molar-refractivity contribution in [2.75, 3.05) is 6.61 Å². The number of carbonyl (C=O) groups is 4. The van der Waals surface area contributed by atoms with Crippen molar-refractivity contribution in [3.63, 3.8) is 0 Å². The van der Waals surface area contributed by atoms with Crippen LogP contribution in [-0.4, -0.2) is 68.1 Å². The normalized spacial score (nSPS) is 21.7. The minimum absolute atomic E-state index is 0.0931. The van der Waals surface area contributed by atoms with Crippen LogP contribution in [0.2, 0.25) is 0 Å². The van der Waals surface area contributed by atoms with E-state index in [1.807, 2.05) is 42.5 Å². The molecule has 0 saturated heterocycles. The zero-order valence-corrected chi connectivity index (χ0v) is 30.5. The van der Waals surface area contributed by atoms with Gasteiger partial charge >= 0.3 is 0 Å². The predicted molar refractivity (Wildman–Crippen MR) is 195 cm³/mol. The van der Waals surface area contributed by atoms with Gasteiger partial charge in [-0.1, -0.05) is 56.3 Å².